The van der Waals surface area contributed by atoms with Crippen molar-refractivity contribution in [3.05, 3.63) is 89.5 Å². The largest absolute Gasteiger partial charge is 0.467 e. The zero-order chi connectivity index (χ0) is 19.2. The highest BCUT2D eigenvalue weighted by Crippen LogP contribution is 2.28. The lowest BCUT2D eigenvalue weighted by Gasteiger charge is -2.19. The maximum atomic E-state index is 12.4. The summed E-state index contributed by atoms with van der Waals surface area (Å²) in [6, 6.07) is 24.5. The second kappa shape index (κ2) is 8.20. The average molecular weight is 356 g/mol. The average Bonchev–Trinajstić information content (AvgIpc) is 2.72. The summed E-state index contributed by atoms with van der Waals surface area (Å²) < 4.78 is 4.97. The minimum absolute atomic E-state index is 0.387. The number of anilines is 1. The third-order valence-corrected chi connectivity index (χ3v) is 4.31. The molecular weight excluding hydrogens is 336 g/mol. The Morgan fingerprint density at radius 3 is 2.33 bits per heavy atom. The Morgan fingerprint density at radius 1 is 1.00 bits per heavy atom. The lowest BCUT2D eigenvalue weighted by Crippen LogP contribution is -2.22. The number of hydrogen-bond donors (Lipinski definition) is 1. The van der Waals surface area contributed by atoms with Gasteiger partial charge < -0.3 is 10.1 Å². The highest BCUT2D eigenvalue weighted by Gasteiger charge is 2.21. The number of aryl methyl sites for hydroxylation is 1. The summed E-state index contributed by atoms with van der Waals surface area (Å²) in [7, 11) is 1.37. The summed E-state index contributed by atoms with van der Waals surface area (Å²) >= 11 is 0. The molecule has 0 saturated heterocycles. The smallest absolute Gasteiger partial charge is 0.332 e. The summed E-state index contributed by atoms with van der Waals surface area (Å²) in [6.07, 6.45) is 0. The molecule has 0 radical (unpaired) electrons. The van der Waals surface area contributed by atoms with Crippen LogP contribution >= 0.6 is 0 Å². The maximum absolute atomic E-state index is 12.4. The number of esters is 1. The van der Waals surface area contributed by atoms with E-state index in [2.05, 4.69) is 29.6 Å². The molecule has 0 amide bonds. The number of nitrogens with one attached hydrogen (secondary N) is 1. The Balaban J connectivity index is 1.95. The fourth-order valence-corrected chi connectivity index (χ4v) is 2.98. The lowest BCUT2D eigenvalue weighted by atomic mass is 10.0. The van der Waals surface area contributed by atoms with Crippen molar-refractivity contribution in [2.24, 2.45) is 0 Å². The molecule has 0 aliphatic heterocycles. The first-order valence-corrected chi connectivity index (χ1v) is 8.62. The van der Waals surface area contributed by atoms with E-state index in [0.717, 1.165) is 27.9 Å². The lowest BCUT2D eigenvalue weighted by molar-refractivity contribution is -0.141. The van der Waals surface area contributed by atoms with E-state index in [0.29, 0.717) is 5.56 Å². The molecule has 3 rings (SSSR count). The third-order valence-electron chi connectivity index (χ3n) is 4.31. The highest BCUT2D eigenvalue weighted by molar-refractivity contribution is 5.82. The van der Waals surface area contributed by atoms with Crippen molar-refractivity contribution in [1.82, 2.24) is 0 Å². The van der Waals surface area contributed by atoms with Gasteiger partial charge in [0.15, 0.2) is 6.04 Å². The molecule has 0 bridgehead atoms. The normalized spacial score (nSPS) is 11.3. The molecule has 1 N–H and O–H groups in total. The van der Waals surface area contributed by atoms with Gasteiger partial charge in [0, 0.05) is 5.69 Å². The van der Waals surface area contributed by atoms with Crippen LogP contribution in [-0.2, 0) is 9.53 Å². The van der Waals surface area contributed by atoms with Crippen molar-refractivity contribution in [3.8, 4) is 17.2 Å². The van der Waals surface area contributed by atoms with Gasteiger partial charge in [0.2, 0.25) is 0 Å². The number of nitriles is 1. The molecule has 0 saturated carbocycles. The molecular formula is C23H20N2O2. The molecule has 0 spiro atoms. The van der Waals surface area contributed by atoms with Gasteiger partial charge in [0.25, 0.3) is 0 Å². The van der Waals surface area contributed by atoms with Crippen LogP contribution in [0.2, 0.25) is 0 Å². The Hall–Kier alpha value is -3.58. The molecule has 3 aromatic rings. The Labute approximate surface area is 159 Å². The number of carbonyl (C=O) groups is 1. The monoisotopic (exact) mass is 356 g/mol. The predicted octanol–water partition coefficient (Wildman–Crippen LogP) is 4.86. The van der Waals surface area contributed by atoms with E-state index < -0.39 is 6.04 Å². The molecule has 0 aliphatic rings. The standard InChI is InChI=1S/C23H20N2O2/c1-16-12-20(18-6-4-3-5-7-18)14-21(13-16)25-22(23(26)27-2)19-10-8-17(15-24)9-11-19/h3-14,22,25H,1-2H3. The first-order valence-electron chi connectivity index (χ1n) is 8.62. The van der Waals surface area contributed by atoms with Crippen LogP contribution < -0.4 is 5.32 Å². The number of carbonyl (C=O) groups excluding carboxylic acids is 1. The minimum Gasteiger partial charge on any atom is -0.467 e. The van der Waals surface area contributed by atoms with E-state index in [-0.39, 0.29) is 5.97 Å². The number of hydrogen-bond acceptors (Lipinski definition) is 4. The van der Waals surface area contributed by atoms with Crippen molar-refractivity contribution in [1.29, 1.82) is 5.26 Å². The second-order valence-corrected chi connectivity index (χ2v) is 6.29. The van der Waals surface area contributed by atoms with Gasteiger partial charge >= 0.3 is 5.97 Å². The molecule has 3 aromatic carbocycles. The molecule has 0 aromatic heterocycles. The number of benzene rings is 3. The fraction of sp³-hybridized carbons (Fsp3) is 0.130. The van der Waals surface area contributed by atoms with Crippen LogP contribution in [0, 0.1) is 18.3 Å². The van der Waals surface area contributed by atoms with Crippen LogP contribution in [0.15, 0.2) is 72.8 Å². The number of rotatable bonds is 5. The molecule has 27 heavy (non-hydrogen) atoms. The van der Waals surface area contributed by atoms with E-state index in [1.165, 1.54) is 7.11 Å². The zero-order valence-electron chi connectivity index (χ0n) is 15.3. The highest BCUT2D eigenvalue weighted by atomic mass is 16.5. The number of nitrogens with zero attached hydrogens (tertiary/aromatic N) is 1. The number of ether oxygens (including phenoxy) is 1. The van der Waals surface area contributed by atoms with E-state index >= 15 is 0 Å². The Morgan fingerprint density at radius 2 is 1.70 bits per heavy atom. The molecule has 0 aliphatic carbocycles. The third kappa shape index (κ3) is 4.34. The van der Waals surface area contributed by atoms with E-state index in [9.17, 15) is 4.79 Å². The van der Waals surface area contributed by atoms with Crippen molar-refractivity contribution >= 4 is 11.7 Å². The van der Waals surface area contributed by atoms with Gasteiger partial charge in [-0.15, -0.1) is 0 Å². The van der Waals surface area contributed by atoms with E-state index in [1.54, 1.807) is 24.3 Å². The Bertz CT molecular complexity index is 974. The van der Waals surface area contributed by atoms with Gasteiger partial charge in [-0.05, 0) is 53.4 Å². The van der Waals surface area contributed by atoms with Gasteiger partial charge in [-0.3, -0.25) is 0 Å². The zero-order valence-corrected chi connectivity index (χ0v) is 15.3. The predicted molar refractivity (Wildman–Crippen MR) is 106 cm³/mol. The van der Waals surface area contributed by atoms with Crippen molar-refractivity contribution in [2.75, 3.05) is 12.4 Å². The molecule has 0 heterocycles. The van der Waals surface area contributed by atoms with Crippen molar-refractivity contribution in [3.63, 3.8) is 0 Å². The van der Waals surface area contributed by atoms with Gasteiger partial charge in [-0.25, -0.2) is 4.79 Å². The first kappa shape index (κ1) is 18.2. The fourth-order valence-electron chi connectivity index (χ4n) is 2.98. The molecule has 4 nitrogen and oxygen atoms in total. The minimum atomic E-state index is -0.659. The quantitative estimate of drug-likeness (QED) is 0.663. The van der Waals surface area contributed by atoms with Crippen LogP contribution in [0.3, 0.4) is 0 Å². The van der Waals surface area contributed by atoms with E-state index in [1.807, 2.05) is 37.3 Å². The Kier molecular flexibility index (Phi) is 5.53. The number of methoxy groups -OCH3 is 1. The molecule has 0 fully saturated rings. The van der Waals surface area contributed by atoms with Crippen LogP contribution in [0.1, 0.15) is 22.7 Å². The summed E-state index contributed by atoms with van der Waals surface area (Å²) in [5.41, 5.74) is 5.38. The van der Waals surface area contributed by atoms with Crippen LogP contribution in [0.5, 0.6) is 0 Å². The van der Waals surface area contributed by atoms with Crippen LogP contribution in [-0.4, -0.2) is 13.1 Å². The SMILES string of the molecule is COC(=O)C(Nc1cc(C)cc(-c2ccccc2)c1)c1ccc(C#N)cc1. The molecule has 4 heteroatoms. The van der Waals surface area contributed by atoms with Gasteiger partial charge in [0.1, 0.15) is 0 Å². The molecule has 1 atom stereocenters. The van der Waals surface area contributed by atoms with Gasteiger partial charge in [-0.1, -0.05) is 48.5 Å². The van der Waals surface area contributed by atoms with Crippen molar-refractivity contribution in [2.45, 2.75) is 13.0 Å². The van der Waals surface area contributed by atoms with Crippen LogP contribution in [0.25, 0.3) is 11.1 Å². The summed E-state index contributed by atoms with van der Waals surface area (Å²) in [5.74, 6) is -0.387. The molecule has 134 valence electrons. The maximum Gasteiger partial charge on any atom is 0.332 e. The van der Waals surface area contributed by atoms with E-state index in [4.69, 9.17) is 10.00 Å². The topological polar surface area (TPSA) is 62.1 Å². The molecule has 1 unspecified atom stereocenters. The summed E-state index contributed by atoms with van der Waals surface area (Å²) in [4.78, 5) is 12.4. The van der Waals surface area contributed by atoms with Gasteiger partial charge in [0.05, 0.1) is 18.7 Å². The van der Waals surface area contributed by atoms with Crippen molar-refractivity contribution < 1.29 is 9.53 Å². The van der Waals surface area contributed by atoms with Gasteiger partial charge in [-0.2, -0.15) is 5.26 Å². The first-order chi connectivity index (χ1) is 13.1. The summed E-state index contributed by atoms with van der Waals surface area (Å²) in [5, 5.41) is 12.2. The second-order valence-electron chi connectivity index (χ2n) is 6.29. The summed E-state index contributed by atoms with van der Waals surface area (Å²) in [6.45, 7) is 2.02. The van der Waals surface area contributed by atoms with Crippen LogP contribution in [0.4, 0.5) is 5.69 Å².